The average Bonchev–Trinajstić information content (AvgIpc) is 2.59. The molecule has 0 radical (unpaired) electrons. The van der Waals surface area contributed by atoms with Gasteiger partial charge in [-0.15, -0.1) is 0 Å². The minimum absolute atomic E-state index is 0.274. The highest BCUT2D eigenvalue weighted by Crippen LogP contribution is 2.18. The molecule has 2 aromatic rings. The predicted molar refractivity (Wildman–Crippen MR) is 110 cm³/mol. The van der Waals surface area contributed by atoms with Gasteiger partial charge >= 0.3 is 0 Å². The van der Waals surface area contributed by atoms with E-state index in [9.17, 15) is 4.21 Å². The monoisotopic (exact) mass is 358 g/mol. The Morgan fingerprint density at radius 2 is 1.44 bits per heavy atom. The predicted octanol–water partition coefficient (Wildman–Crippen LogP) is 5.52. The Hall–Kier alpha value is -1.81. The molecule has 2 rings (SSSR count). The normalized spacial score (nSPS) is 12.6. The maximum Gasteiger partial charge on any atom is 0.122 e. The average molecular weight is 359 g/mol. The Morgan fingerprint density at radius 1 is 0.880 bits per heavy atom. The van der Waals surface area contributed by atoms with Gasteiger partial charge in [-0.2, -0.15) is 0 Å². The molecule has 0 aliphatic rings. The van der Waals surface area contributed by atoms with Crippen LogP contribution in [0.3, 0.4) is 0 Å². The first kappa shape index (κ1) is 19.5. The number of anilines is 2. The van der Waals surface area contributed by atoms with Crippen molar-refractivity contribution in [2.45, 2.75) is 58.2 Å². The molecule has 4 heteroatoms. The number of nitrogens with one attached hydrogen (secondary N) is 2. The molecule has 0 amide bonds. The smallest absolute Gasteiger partial charge is 0.122 e. The van der Waals surface area contributed by atoms with Crippen LogP contribution in [0.4, 0.5) is 11.4 Å². The Labute approximate surface area is 154 Å². The summed E-state index contributed by atoms with van der Waals surface area (Å²) in [4.78, 5) is 0. The van der Waals surface area contributed by atoms with E-state index in [4.69, 9.17) is 0 Å². The molecule has 0 aromatic heterocycles. The Bertz CT molecular complexity index is 673. The summed E-state index contributed by atoms with van der Waals surface area (Å²) < 4.78 is 14.9. The zero-order valence-electron chi connectivity index (χ0n) is 15.8. The van der Waals surface area contributed by atoms with Crippen molar-refractivity contribution in [3.05, 3.63) is 59.7 Å². The maximum absolute atomic E-state index is 12.1. The highest BCUT2D eigenvalue weighted by atomic mass is 32.2. The zero-order valence-corrected chi connectivity index (χ0v) is 16.6. The molecule has 1 unspecified atom stereocenters. The van der Waals surface area contributed by atoms with Crippen molar-refractivity contribution in [2.24, 2.45) is 0 Å². The third-order valence-electron chi connectivity index (χ3n) is 3.99. The number of rotatable bonds is 8. The van der Waals surface area contributed by atoms with E-state index in [1.165, 1.54) is 24.0 Å². The molecule has 0 bridgehead atoms. The first-order valence-electron chi connectivity index (χ1n) is 8.99. The van der Waals surface area contributed by atoms with Crippen molar-refractivity contribution in [1.29, 1.82) is 0 Å². The topological polar surface area (TPSA) is 41.1 Å². The molecule has 1 atom stereocenters. The van der Waals surface area contributed by atoms with Crippen molar-refractivity contribution >= 4 is 22.4 Å². The summed E-state index contributed by atoms with van der Waals surface area (Å²) >= 11 is 0. The van der Waals surface area contributed by atoms with Gasteiger partial charge in [-0.05, 0) is 69.0 Å². The van der Waals surface area contributed by atoms with Gasteiger partial charge in [0.05, 0.1) is 4.75 Å². The standard InChI is InChI=1S/C21H30N2OS/c1-5-6-7-17-8-12-19(13-9-17)22-16-18-10-14-20(15-11-18)23-25(24)21(2,3)4/h8-15,22-23H,5-7,16H2,1-4H3. The number of aryl methyl sites for hydroxylation is 1. The lowest BCUT2D eigenvalue weighted by atomic mass is 10.1. The van der Waals surface area contributed by atoms with Crippen molar-refractivity contribution in [2.75, 3.05) is 10.0 Å². The van der Waals surface area contributed by atoms with Gasteiger partial charge in [0.2, 0.25) is 0 Å². The molecular weight excluding hydrogens is 328 g/mol. The van der Waals surface area contributed by atoms with Crippen LogP contribution in [0.15, 0.2) is 48.5 Å². The van der Waals surface area contributed by atoms with Crippen LogP contribution in [0.25, 0.3) is 0 Å². The van der Waals surface area contributed by atoms with Crippen molar-refractivity contribution in [1.82, 2.24) is 0 Å². The molecule has 136 valence electrons. The van der Waals surface area contributed by atoms with Crippen LogP contribution >= 0.6 is 0 Å². The number of unbranched alkanes of at least 4 members (excludes halogenated alkanes) is 1. The molecule has 2 aromatic carbocycles. The fourth-order valence-electron chi connectivity index (χ4n) is 2.33. The lowest BCUT2D eigenvalue weighted by Gasteiger charge is -2.18. The lowest BCUT2D eigenvalue weighted by Crippen LogP contribution is -2.27. The Balaban J connectivity index is 1.86. The third-order valence-corrected chi connectivity index (χ3v) is 5.52. The fourth-order valence-corrected chi connectivity index (χ4v) is 2.98. The van der Waals surface area contributed by atoms with Gasteiger partial charge < -0.3 is 10.0 Å². The third kappa shape index (κ3) is 6.54. The van der Waals surface area contributed by atoms with E-state index in [1.54, 1.807) is 0 Å². The molecule has 0 saturated heterocycles. The van der Waals surface area contributed by atoms with Gasteiger partial charge in [0.1, 0.15) is 11.0 Å². The van der Waals surface area contributed by atoms with Crippen LogP contribution in [-0.4, -0.2) is 8.96 Å². The summed E-state index contributed by atoms with van der Waals surface area (Å²) in [6, 6.07) is 16.8. The SMILES string of the molecule is CCCCc1ccc(NCc2ccc(NS(=O)C(C)(C)C)cc2)cc1. The van der Waals surface area contributed by atoms with Gasteiger partial charge in [0.25, 0.3) is 0 Å². The van der Waals surface area contributed by atoms with E-state index >= 15 is 0 Å². The zero-order chi connectivity index (χ0) is 18.3. The molecule has 2 N–H and O–H groups in total. The van der Waals surface area contributed by atoms with E-state index < -0.39 is 11.0 Å². The summed E-state index contributed by atoms with van der Waals surface area (Å²) in [7, 11) is -1.10. The van der Waals surface area contributed by atoms with Crippen LogP contribution < -0.4 is 10.0 Å². The molecule has 0 saturated carbocycles. The van der Waals surface area contributed by atoms with E-state index in [-0.39, 0.29) is 4.75 Å². The molecule has 0 aliphatic heterocycles. The lowest BCUT2D eigenvalue weighted by molar-refractivity contribution is 0.653. The number of benzene rings is 2. The van der Waals surface area contributed by atoms with Crippen molar-refractivity contribution < 1.29 is 4.21 Å². The first-order chi connectivity index (χ1) is 11.9. The van der Waals surface area contributed by atoms with E-state index in [1.807, 2.05) is 32.9 Å². The summed E-state index contributed by atoms with van der Waals surface area (Å²) in [5.74, 6) is 0. The second-order valence-electron chi connectivity index (χ2n) is 7.33. The molecule has 3 nitrogen and oxygen atoms in total. The summed E-state index contributed by atoms with van der Waals surface area (Å²) in [5.41, 5.74) is 4.62. The fraction of sp³-hybridized carbons (Fsp3) is 0.429. The first-order valence-corrected chi connectivity index (χ1v) is 10.1. The number of hydrogen-bond donors (Lipinski definition) is 2. The largest absolute Gasteiger partial charge is 0.381 e. The van der Waals surface area contributed by atoms with Crippen molar-refractivity contribution in [3.63, 3.8) is 0 Å². The summed E-state index contributed by atoms with van der Waals surface area (Å²) in [6.07, 6.45) is 3.63. The minimum Gasteiger partial charge on any atom is -0.381 e. The molecule has 0 heterocycles. The second kappa shape index (κ2) is 9.04. The summed E-state index contributed by atoms with van der Waals surface area (Å²) in [6.45, 7) is 8.88. The van der Waals surface area contributed by atoms with Gasteiger partial charge in [-0.3, -0.25) is 0 Å². The molecule has 0 fully saturated rings. The molecule has 0 aliphatic carbocycles. The number of hydrogen-bond acceptors (Lipinski definition) is 2. The van der Waals surface area contributed by atoms with Gasteiger partial charge in [0.15, 0.2) is 0 Å². The molecule has 25 heavy (non-hydrogen) atoms. The van der Waals surface area contributed by atoms with E-state index in [2.05, 4.69) is 53.4 Å². The second-order valence-corrected chi connectivity index (χ2v) is 9.30. The molecular formula is C21H30N2OS. The van der Waals surface area contributed by atoms with E-state index in [0.717, 1.165) is 24.3 Å². The van der Waals surface area contributed by atoms with Gasteiger partial charge in [0, 0.05) is 17.9 Å². The Morgan fingerprint density at radius 3 is 2.00 bits per heavy atom. The highest BCUT2D eigenvalue weighted by molar-refractivity contribution is 7.87. The van der Waals surface area contributed by atoms with Crippen molar-refractivity contribution in [3.8, 4) is 0 Å². The van der Waals surface area contributed by atoms with Crippen LogP contribution in [0, 0.1) is 0 Å². The van der Waals surface area contributed by atoms with Gasteiger partial charge in [-0.25, -0.2) is 4.21 Å². The Kier molecular flexibility index (Phi) is 7.06. The van der Waals surface area contributed by atoms with Gasteiger partial charge in [-0.1, -0.05) is 37.6 Å². The van der Waals surface area contributed by atoms with Crippen LogP contribution in [-0.2, 0) is 24.0 Å². The van der Waals surface area contributed by atoms with E-state index in [0.29, 0.717) is 0 Å². The molecule has 0 spiro atoms. The van der Waals surface area contributed by atoms with Crippen LogP contribution in [0.1, 0.15) is 51.7 Å². The maximum atomic E-state index is 12.1. The quantitative estimate of drug-likeness (QED) is 0.653. The minimum atomic E-state index is -1.10. The van der Waals surface area contributed by atoms with Crippen LogP contribution in [0.2, 0.25) is 0 Å². The van der Waals surface area contributed by atoms with Crippen LogP contribution in [0.5, 0.6) is 0 Å². The highest BCUT2D eigenvalue weighted by Gasteiger charge is 2.19. The summed E-state index contributed by atoms with van der Waals surface area (Å²) in [5, 5.41) is 3.45.